The third-order valence-corrected chi connectivity index (χ3v) is 2.56. The highest BCUT2D eigenvalue weighted by molar-refractivity contribution is 7.98. The molecule has 0 saturated carbocycles. The first-order valence-electron chi connectivity index (χ1n) is 4.69. The Morgan fingerprint density at radius 3 is 2.86 bits per heavy atom. The van der Waals surface area contributed by atoms with Crippen molar-refractivity contribution in [1.82, 2.24) is 0 Å². The van der Waals surface area contributed by atoms with Crippen LogP contribution in [-0.2, 0) is 6.54 Å². The van der Waals surface area contributed by atoms with Gasteiger partial charge in [0.05, 0.1) is 6.61 Å². The molecule has 78 valence electrons. The van der Waals surface area contributed by atoms with Crippen molar-refractivity contribution in [3.63, 3.8) is 0 Å². The average molecular weight is 211 g/mol. The number of benzene rings is 1. The Labute approximate surface area is 89.8 Å². The Morgan fingerprint density at radius 1 is 1.43 bits per heavy atom. The van der Waals surface area contributed by atoms with Gasteiger partial charge in [0.2, 0.25) is 0 Å². The predicted molar refractivity (Wildman–Crippen MR) is 62.9 cm³/mol. The Kier molecular flexibility index (Phi) is 4.84. The molecule has 2 nitrogen and oxygen atoms in total. The molecule has 0 atom stereocenters. The second-order valence-corrected chi connectivity index (χ2v) is 4.14. The molecule has 2 N–H and O–H groups in total. The highest BCUT2D eigenvalue weighted by Crippen LogP contribution is 2.19. The van der Waals surface area contributed by atoms with Crippen LogP contribution < -0.4 is 10.5 Å². The highest BCUT2D eigenvalue weighted by Gasteiger charge is 2.01. The summed E-state index contributed by atoms with van der Waals surface area (Å²) in [6.45, 7) is 3.35. The van der Waals surface area contributed by atoms with E-state index in [0.717, 1.165) is 23.7 Å². The Balaban J connectivity index is 2.65. The van der Waals surface area contributed by atoms with Crippen LogP contribution in [0.3, 0.4) is 0 Å². The molecule has 0 heterocycles. The van der Waals surface area contributed by atoms with Crippen LogP contribution in [0.1, 0.15) is 11.1 Å². The molecule has 0 aliphatic carbocycles. The number of rotatable bonds is 5. The maximum Gasteiger partial charge on any atom is 0.123 e. The zero-order valence-corrected chi connectivity index (χ0v) is 9.56. The molecule has 1 rings (SSSR count). The molecule has 1 aromatic rings. The van der Waals surface area contributed by atoms with E-state index in [0.29, 0.717) is 6.54 Å². The van der Waals surface area contributed by atoms with Gasteiger partial charge in [-0.25, -0.2) is 0 Å². The first-order valence-corrected chi connectivity index (χ1v) is 6.08. The van der Waals surface area contributed by atoms with Gasteiger partial charge in [0.25, 0.3) is 0 Å². The van der Waals surface area contributed by atoms with Crippen molar-refractivity contribution in [3.05, 3.63) is 29.3 Å². The van der Waals surface area contributed by atoms with E-state index in [4.69, 9.17) is 10.5 Å². The molecule has 1 aromatic carbocycles. The maximum atomic E-state index is 5.64. The van der Waals surface area contributed by atoms with Gasteiger partial charge in [0.15, 0.2) is 0 Å². The summed E-state index contributed by atoms with van der Waals surface area (Å²) >= 11 is 1.78. The minimum Gasteiger partial charge on any atom is -0.492 e. The van der Waals surface area contributed by atoms with Crippen LogP contribution in [0.25, 0.3) is 0 Å². The van der Waals surface area contributed by atoms with Crippen LogP contribution in [0, 0.1) is 6.92 Å². The molecule has 0 spiro atoms. The van der Waals surface area contributed by atoms with Gasteiger partial charge in [-0.3, -0.25) is 0 Å². The Bertz CT molecular complexity index is 289. The van der Waals surface area contributed by atoms with Gasteiger partial charge in [-0.05, 0) is 19.2 Å². The van der Waals surface area contributed by atoms with Crippen LogP contribution in [0.15, 0.2) is 18.2 Å². The molecule has 0 fully saturated rings. The molecular formula is C11H17NOS. The van der Waals surface area contributed by atoms with Gasteiger partial charge in [-0.15, -0.1) is 0 Å². The molecule has 0 unspecified atom stereocenters. The van der Waals surface area contributed by atoms with Crippen molar-refractivity contribution >= 4 is 11.8 Å². The van der Waals surface area contributed by atoms with E-state index in [1.807, 2.05) is 12.1 Å². The summed E-state index contributed by atoms with van der Waals surface area (Å²) in [5.74, 6) is 1.94. The fourth-order valence-electron chi connectivity index (χ4n) is 1.24. The van der Waals surface area contributed by atoms with Crippen molar-refractivity contribution < 1.29 is 4.74 Å². The summed E-state index contributed by atoms with van der Waals surface area (Å²) in [5.41, 5.74) is 7.95. The minimum absolute atomic E-state index is 0.538. The summed E-state index contributed by atoms with van der Waals surface area (Å²) in [6.07, 6.45) is 2.07. The number of ether oxygens (including phenoxy) is 1. The summed E-state index contributed by atoms with van der Waals surface area (Å²) in [4.78, 5) is 0. The summed E-state index contributed by atoms with van der Waals surface area (Å²) in [7, 11) is 0. The largest absolute Gasteiger partial charge is 0.492 e. The molecule has 0 bridgehead atoms. The van der Waals surface area contributed by atoms with Crippen molar-refractivity contribution in [2.75, 3.05) is 18.6 Å². The third-order valence-electron chi connectivity index (χ3n) is 1.98. The normalized spacial score (nSPS) is 10.2. The maximum absolute atomic E-state index is 5.64. The lowest BCUT2D eigenvalue weighted by Gasteiger charge is -2.10. The van der Waals surface area contributed by atoms with Gasteiger partial charge in [-0.2, -0.15) is 11.8 Å². The molecule has 0 aromatic heterocycles. The second-order valence-electron chi connectivity index (χ2n) is 3.16. The minimum atomic E-state index is 0.538. The standard InChI is InChI=1S/C11H17NOS/c1-9-3-4-11(10(7-9)8-12)13-5-6-14-2/h3-4,7H,5-6,8,12H2,1-2H3. The quantitative estimate of drug-likeness (QED) is 0.758. The third kappa shape index (κ3) is 3.24. The lowest BCUT2D eigenvalue weighted by Crippen LogP contribution is -2.05. The van der Waals surface area contributed by atoms with E-state index in [1.54, 1.807) is 11.8 Å². The van der Waals surface area contributed by atoms with Gasteiger partial charge >= 0.3 is 0 Å². The SMILES string of the molecule is CSCCOc1ccc(C)cc1CN. The average Bonchev–Trinajstić information content (AvgIpc) is 2.20. The molecule has 0 aliphatic heterocycles. The lowest BCUT2D eigenvalue weighted by atomic mass is 10.1. The molecule has 0 amide bonds. The summed E-state index contributed by atoms with van der Waals surface area (Å²) in [5, 5.41) is 0. The highest BCUT2D eigenvalue weighted by atomic mass is 32.2. The molecule has 0 saturated heterocycles. The van der Waals surface area contributed by atoms with Gasteiger partial charge in [-0.1, -0.05) is 17.7 Å². The fraction of sp³-hybridized carbons (Fsp3) is 0.455. The molecule has 3 heteroatoms. The van der Waals surface area contributed by atoms with Gasteiger partial charge in [0.1, 0.15) is 5.75 Å². The summed E-state index contributed by atoms with van der Waals surface area (Å²) < 4.78 is 5.62. The Morgan fingerprint density at radius 2 is 2.21 bits per heavy atom. The van der Waals surface area contributed by atoms with E-state index < -0.39 is 0 Å². The molecule has 0 radical (unpaired) electrons. The van der Waals surface area contributed by atoms with E-state index in [-0.39, 0.29) is 0 Å². The predicted octanol–water partition coefficient (Wildman–Crippen LogP) is 2.20. The van der Waals surface area contributed by atoms with Crippen molar-refractivity contribution in [1.29, 1.82) is 0 Å². The number of thioether (sulfide) groups is 1. The number of hydrogen-bond donors (Lipinski definition) is 1. The van der Waals surface area contributed by atoms with Gasteiger partial charge in [0, 0.05) is 17.9 Å². The summed E-state index contributed by atoms with van der Waals surface area (Å²) in [6, 6.07) is 6.12. The number of hydrogen-bond acceptors (Lipinski definition) is 3. The monoisotopic (exact) mass is 211 g/mol. The number of aryl methyl sites for hydroxylation is 1. The van der Waals surface area contributed by atoms with Crippen LogP contribution in [-0.4, -0.2) is 18.6 Å². The van der Waals surface area contributed by atoms with E-state index in [2.05, 4.69) is 19.2 Å². The van der Waals surface area contributed by atoms with Crippen molar-refractivity contribution in [2.45, 2.75) is 13.5 Å². The van der Waals surface area contributed by atoms with Crippen LogP contribution in [0.5, 0.6) is 5.75 Å². The lowest BCUT2D eigenvalue weighted by molar-refractivity contribution is 0.340. The van der Waals surface area contributed by atoms with Crippen molar-refractivity contribution in [2.24, 2.45) is 5.73 Å². The topological polar surface area (TPSA) is 35.2 Å². The van der Waals surface area contributed by atoms with Crippen molar-refractivity contribution in [3.8, 4) is 5.75 Å². The first-order chi connectivity index (χ1) is 6.77. The molecular weight excluding hydrogens is 194 g/mol. The smallest absolute Gasteiger partial charge is 0.123 e. The van der Waals surface area contributed by atoms with Crippen LogP contribution in [0.2, 0.25) is 0 Å². The molecule has 14 heavy (non-hydrogen) atoms. The number of nitrogens with two attached hydrogens (primary N) is 1. The van der Waals surface area contributed by atoms with Crippen LogP contribution in [0.4, 0.5) is 0 Å². The van der Waals surface area contributed by atoms with Crippen LogP contribution >= 0.6 is 11.8 Å². The van der Waals surface area contributed by atoms with E-state index >= 15 is 0 Å². The second kappa shape index (κ2) is 5.94. The Hall–Kier alpha value is -0.670. The zero-order chi connectivity index (χ0) is 10.4. The van der Waals surface area contributed by atoms with E-state index in [1.165, 1.54) is 5.56 Å². The fourth-order valence-corrected chi connectivity index (χ4v) is 1.49. The first kappa shape index (κ1) is 11.4. The zero-order valence-electron chi connectivity index (χ0n) is 8.75. The van der Waals surface area contributed by atoms with Gasteiger partial charge < -0.3 is 10.5 Å². The molecule has 0 aliphatic rings. The van der Waals surface area contributed by atoms with E-state index in [9.17, 15) is 0 Å².